The second kappa shape index (κ2) is 6.60. The predicted octanol–water partition coefficient (Wildman–Crippen LogP) is 2.71. The van der Waals surface area contributed by atoms with Gasteiger partial charge in [0, 0.05) is 18.2 Å². The van der Waals surface area contributed by atoms with Crippen molar-refractivity contribution in [3.63, 3.8) is 0 Å². The molecule has 0 bridgehead atoms. The van der Waals surface area contributed by atoms with Crippen LogP contribution >= 0.6 is 0 Å². The zero-order valence-electron chi connectivity index (χ0n) is 13.3. The maximum Gasteiger partial charge on any atom is 0.343 e. The molecule has 8 nitrogen and oxygen atoms in total. The Bertz CT molecular complexity index is 877. The summed E-state index contributed by atoms with van der Waals surface area (Å²) in [5.74, 6) is -0.405. The summed E-state index contributed by atoms with van der Waals surface area (Å²) in [6.07, 6.45) is 0.926. The van der Waals surface area contributed by atoms with Gasteiger partial charge in [-0.05, 0) is 42.3 Å². The molecule has 0 aromatic heterocycles. The van der Waals surface area contributed by atoms with Crippen molar-refractivity contribution in [2.75, 3.05) is 12.4 Å². The fourth-order valence-corrected chi connectivity index (χ4v) is 2.55. The van der Waals surface area contributed by atoms with Crippen LogP contribution in [0.5, 0.6) is 11.5 Å². The minimum atomic E-state index is -0.717. The summed E-state index contributed by atoms with van der Waals surface area (Å²) in [5.41, 5.74) is 1.28. The van der Waals surface area contributed by atoms with Gasteiger partial charge in [-0.2, -0.15) is 0 Å². The maximum absolute atomic E-state index is 12.3. The SMILES string of the molecule is COc1ccc(C(=O)Oc2ccc3c(c2)CCC(=O)N3)cc1[N+](=O)[O-]. The van der Waals surface area contributed by atoms with Gasteiger partial charge in [-0.3, -0.25) is 14.9 Å². The zero-order chi connectivity index (χ0) is 18.0. The zero-order valence-corrected chi connectivity index (χ0v) is 13.3. The van der Waals surface area contributed by atoms with Gasteiger partial charge in [-0.25, -0.2) is 4.79 Å². The summed E-state index contributed by atoms with van der Waals surface area (Å²) in [5, 5.41) is 13.8. The number of carbonyl (C=O) groups is 2. The molecule has 8 heteroatoms. The van der Waals surface area contributed by atoms with Crippen molar-refractivity contribution in [1.82, 2.24) is 0 Å². The minimum absolute atomic E-state index is 0.0403. The van der Waals surface area contributed by atoms with Gasteiger partial charge in [0.2, 0.25) is 5.91 Å². The van der Waals surface area contributed by atoms with Crippen molar-refractivity contribution in [3.05, 3.63) is 57.6 Å². The van der Waals surface area contributed by atoms with E-state index in [1.54, 1.807) is 18.2 Å². The van der Waals surface area contributed by atoms with Gasteiger partial charge in [0.1, 0.15) is 5.75 Å². The number of benzene rings is 2. The normalized spacial score (nSPS) is 12.8. The Kier molecular flexibility index (Phi) is 4.34. The van der Waals surface area contributed by atoms with Crippen LogP contribution in [0.1, 0.15) is 22.3 Å². The van der Waals surface area contributed by atoms with Crippen LogP contribution in [0.3, 0.4) is 0 Å². The third kappa shape index (κ3) is 3.42. The van der Waals surface area contributed by atoms with Gasteiger partial charge in [-0.1, -0.05) is 0 Å². The van der Waals surface area contributed by atoms with Crippen LogP contribution in [0.15, 0.2) is 36.4 Å². The molecule has 25 heavy (non-hydrogen) atoms. The number of hydrogen-bond donors (Lipinski definition) is 1. The molecule has 1 heterocycles. The van der Waals surface area contributed by atoms with Crippen LogP contribution in [-0.4, -0.2) is 23.9 Å². The van der Waals surface area contributed by atoms with Crippen molar-refractivity contribution in [3.8, 4) is 11.5 Å². The summed E-state index contributed by atoms with van der Waals surface area (Å²) >= 11 is 0. The number of nitrogens with zero attached hydrogens (tertiary/aromatic N) is 1. The lowest BCUT2D eigenvalue weighted by atomic mass is 10.0. The van der Waals surface area contributed by atoms with Crippen LogP contribution in [0.4, 0.5) is 11.4 Å². The third-order valence-electron chi connectivity index (χ3n) is 3.79. The van der Waals surface area contributed by atoms with E-state index >= 15 is 0 Å². The van der Waals surface area contributed by atoms with Crippen LogP contribution in [0.2, 0.25) is 0 Å². The van der Waals surface area contributed by atoms with Crippen LogP contribution in [0, 0.1) is 10.1 Å². The molecule has 0 spiro atoms. The van der Waals surface area contributed by atoms with Crippen molar-refractivity contribution < 1.29 is 24.0 Å². The number of amides is 1. The molecule has 1 amide bonds. The molecule has 0 unspecified atom stereocenters. The van der Waals surface area contributed by atoms with E-state index < -0.39 is 10.9 Å². The molecule has 0 atom stereocenters. The number of nitrogens with one attached hydrogen (secondary N) is 1. The van der Waals surface area contributed by atoms with E-state index in [9.17, 15) is 19.7 Å². The fraction of sp³-hybridized carbons (Fsp3) is 0.176. The summed E-state index contributed by atoms with van der Waals surface area (Å²) < 4.78 is 10.2. The largest absolute Gasteiger partial charge is 0.490 e. The van der Waals surface area contributed by atoms with Gasteiger partial charge < -0.3 is 14.8 Å². The number of nitro groups is 1. The molecule has 1 aliphatic heterocycles. The van der Waals surface area contributed by atoms with Crippen molar-refractivity contribution in [1.29, 1.82) is 0 Å². The van der Waals surface area contributed by atoms with Gasteiger partial charge in [0.15, 0.2) is 5.75 Å². The quantitative estimate of drug-likeness (QED) is 0.396. The van der Waals surface area contributed by atoms with E-state index in [1.807, 2.05) is 0 Å². The Balaban J connectivity index is 1.82. The monoisotopic (exact) mass is 342 g/mol. The average Bonchev–Trinajstić information content (AvgIpc) is 2.61. The third-order valence-corrected chi connectivity index (χ3v) is 3.79. The van der Waals surface area contributed by atoms with E-state index in [0.717, 1.165) is 11.6 Å². The van der Waals surface area contributed by atoms with E-state index in [-0.39, 0.29) is 22.9 Å². The minimum Gasteiger partial charge on any atom is -0.490 e. The van der Waals surface area contributed by atoms with E-state index in [2.05, 4.69) is 5.32 Å². The molecule has 1 aliphatic rings. The lowest BCUT2D eigenvalue weighted by Crippen LogP contribution is -2.19. The standard InChI is InChI=1S/C17H14N2O6/c1-24-15-6-2-11(9-14(15)19(22)23)17(21)25-12-4-5-13-10(8-12)3-7-16(20)18-13/h2,4-6,8-9H,3,7H2,1H3,(H,18,20). The first-order valence-electron chi connectivity index (χ1n) is 7.45. The predicted molar refractivity (Wildman–Crippen MR) is 88.0 cm³/mol. The summed E-state index contributed by atoms with van der Waals surface area (Å²) in [6, 6.07) is 8.74. The smallest absolute Gasteiger partial charge is 0.343 e. The average molecular weight is 342 g/mol. The number of fused-ring (bicyclic) bond motifs is 1. The van der Waals surface area contributed by atoms with Gasteiger partial charge in [-0.15, -0.1) is 0 Å². The Morgan fingerprint density at radius 1 is 1.20 bits per heavy atom. The molecule has 128 valence electrons. The topological polar surface area (TPSA) is 108 Å². The number of aryl methyl sites for hydroxylation is 1. The molecular weight excluding hydrogens is 328 g/mol. The molecule has 0 radical (unpaired) electrons. The molecule has 0 saturated carbocycles. The summed E-state index contributed by atoms with van der Waals surface area (Å²) in [6.45, 7) is 0. The molecule has 3 rings (SSSR count). The number of anilines is 1. The first kappa shape index (κ1) is 16.4. The first-order chi connectivity index (χ1) is 12.0. The van der Waals surface area contributed by atoms with Gasteiger partial charge in [0.25, 0.3) is 0 Å². The van der Waals surface area contributed by atoms with E-state index in [1.165, 1.54) is 19.2 Å². The molecule has 2 aromatic carbocycles. The molecule has 1 N–H and O–H groups in total. The number of hydrogen-bond acceptors (Lipinski definition) is 6. The Hall–Kier alpha value is -3.42. The van der Waals surface area contributed by atoms with Crippen LogP contribution in [0.25, 0.3) is 0 Å². The highest BCUT2D eigenvalue weighted by Gasteiger charge is 2.20. The second-order valence-corrected chi connectivity index (χ2v) is 5.40. The van der Waals surface area contributed by atoms with Crippen LogP contribution in [-0.2, 0) is 11.2 Å². The van der Waals surface area contributed by atoms with Crippen molar-refractivity contribution in [2.45, 2.75) is 12.8 Å². The van der Waals surface area contributed by atoms with E-state index in [0.29, 0.717) is 24.3 Å². The number of nitro benzene ring substituents is 1. The molecular formula is C17H14N2O6. The van der Waals surface area contributed by atoms with Crippen molar-refractivity contribution >= 4 is 23.3 Å². The van der Waals surface area contributed by atoms with E-state index in [4.69, 9.17) is 9.47 Å². The Morgan fingerprint density at radius 2 is 2.00 bits per heavy atom. The number of methoxy groups -OCH3 is 1. The maximum atomic E-state index is 12.3. The molecule has 0 aliphatic carbocycles. The summed E-state index contributed by atoms with van der Waals surface area (Å²) in [7, 11) is 1.31. The molecule has 0 saturated heterocycles. The number of ether oxygens (including phenoxy) is 2. The molecule has 2 aromatic rings. The number of rotatable bonds is 4. The summed E-state index contributed by atoms with van der Waals surface area (Å²) in [4.78, 5) is 34.0. The Labute approximate surface area is 142 Å². The highest BCUT2D eigenvalue weighted by atomic mass is 16.6. The highest BCUT2D eigenvalue weighted by molar-refractivity contribution is 5.94. The lowest BCUT2D eigenvalue weighted by molar-refractivity contribution is -0.385. The number of esters is 1. The van der Waals surface area contributed by atoms with Crippen molar-refractivity contribution in [2.24, 2.45) is 0 Å². The van der Waals surface area contributed by atoms with Gasteiger partial charge in [0.05, 0.1) is 17.6 Å². The lowest BCUT2D eigenvalue weighted by Gasteiger charge is -2.17. The number of carbonyl (C=O) groups excluding carboxylic acids is 2. The fourth-order valence-electron chi connectivity index (χ4n) is 2.55. The molecule has 0 fully saturated rings. The first-order valence-corrected chi connectivity index (χ1v) is 7.45. The Morgan fingerprint density at radius 3 is 2.72 bits per heavy atom. The highest BCUT2D eigenvalue weighted by Crippen LogP contribution is 2.29. The second-order valence-electron chi connectivity index (χ2n) is 5.40. The van der Waals surface area contributed by atoms with Crippen LogP contribution < -0.4 is 14.8 Å². The van der Waals surface area contributed by atoms with Gasteiger partial charge >= 0.3 is 11.7 Å².